The van der Waals surface area contributed by atoms with Crippen LogP contribution in [0.5, 0.6) is 0 Å². The maximum atomic E-state index is 12.2. The number of carbonyl (C=O) groups excluding carboxylic acids is 3. The highest BCUT2D eigenvalue weighted by Crippen LogP contribution is 2.26. The summed E-state index contributed by atoms with van der Waals surface area (Å²) in [6.07, 6.45) is 1.95. The van der Waals surface area contributed by atoms with Crippen molar-refractivity contribution in [2.75, 3.05) is 26.7 Å². The molecule has 2 heterocycles. The van der Waals surface area contributed by atoms with Gasteiger partial charge in [0, 0.05) is 6.54 Å². The number of nitrogens with zero attached hydrogens (tertiary/aromatic N) is 2. The molecule has 0 bridgehead atoms. The van der Waals surface area contributed by atoms with Crippen molar-refractivity contribution in [1.82, 2.24) is 15.1 Å². The van der Waals surface area contributed by atoms with E-state index in [4.69, 9.17) is 0 Å². The number of urea groups is 1. The lowest BCUT2D eigenvalue weighted by Gasteiger charge is -2.38. The first kappa shape index (κ1) is 14.0. The molecule has 2 saturated heterocycles. The van der Waals surface area contributed by atoms with Crippen LogP contribution in [0.1, 0.15) is 26.7 Å². The summed E-state index contributed by atoms with van der Waals surface area (Å²) >= 11 is 0. The Kier molecular flexibility index (Phi) is 3.62. The summed E-state index contributed by atoms with van der Waals surface area (Å²) < 4.78 is 0. The highest BCUT2D eigenvalue weighted by atomic mass is 16.2. The fourth-order valence-electron chi connectivity index (χ4n) is 2.52. The predicted molar refractivity (Wildman–Crippen MR) is 69.3 cm³/mol. The van der Waals surface area contributed by atoms with Gasteiger partial charge < -0.3 is 4.90 Å². The van der Waals surface area contributed by atoms with Gasteiger partial charge in [0.05, 0.1) is 0 Å². The first-order valence-corrected chi connectivity index (χ1v) is 6.68. The molecule has 0 atom stereocenters. The summed E-state index contributed by atoms with van der Waals surface area (Å²) in [5, 5.41) is 2.27. The summed E-state index contributed by atoms with van der Waals surface area (Å²) in [6, 6.07) is -0.576. The molecule has 2 aliphatic heterocycles. The minimum Gasteiger partial charge on any atom is -0.306 e. The second-order valence-corrected chi connectivity index (χ2v) is 6.05. The van der Waals surface area contributed by atoms with Gasteiger partial charge in [0.25, 0.3) is 0 Å². The molecule has 2 fully saturated rings. The second kappa shape index (κ2) is 4.92. The Bertz CT molecular complexity index is 411. The van der Waals surface area contributed by atoms with E-state index in [2.05, 4.69) is 17.3 Å². The van der Waals surface area contributed by atoms with E-state index in [1.54, 1.807) is 13.8 Å². The number of rotatable bonds is 2. The fourth-order valence-corrected chi connectivity index (χ4v) is 2.52. The van der Waals surface area contributed by atoms with Crippen LogP contribution in [-0.4, -0.2) is 54.3 Å². The van der Waals surface area contributed by atoms with E-state index in [1.807, 2.05) is 0 Å². The van der Waals surface area contributed by atoms with Crippen molar-refractivity contribution < 1.29 is 14.4 Å². The second-order valence-electron chi connectivity index (χ2n) is 6.05. The average molecular weight is 267 g/mol. The maximum Gasteiger partial charge on any atom is 0.330 e. The quantitative estimate of drug-likeness (QED) is 0.737. The van der Waals surface area contributed by atoms with Crippen LogP contribution in [0.25, 0.3) is 0 Å². The Morgan fingerprint density at radius 3 is 2.37 bits per heavy atom. The van der Waals surface area contributed by atoms with Gasteiger partial charge in [0.2, 0.25) is 11.8 Å². The van der Waals surface area contributed by atoms with Crippen LogP contribution in [0.15, 0.2) is 0 Å². The molecule has 0 aromatic carbocycles. The molecule has 0 aliphatic carbocycles. The monoisotopic (exact) mass is 267 g/mol. The van der Waals surface area contributed by atoms with Gasteiger partial charge in [-0.25, -0.2) is 4.79 Å². The lowest BCUT2D eigenvalue weighted by atomic mass is 9.87. The van der Waals surface area contributed by atoms with Crippen molar-refractivity contribution in [1.29, 1.82) is 0 Å². The van der Waals surface area contributed by atoms with E-state index < -0.39 is 17.4 Å². The first-order chi connectivity index (χ1) is 8.82. The molecule has 2 aliphatic rings. The number of piperidine rings is 1. The largest absolute Gasteiger partial charge is 0.330 e. The molecule has 1 N–H and O–H groups in total. The fraction of sp³-hybridized carbons (Fsp3) is 0.769. The molecule has 0 radical (unpaired) electrons. The van der Waals surface area contributed by atoms with Gasteiger partial charge in [0.1, 0.15) is 5.41 Å². The van der Waals surface area contributed by atoms with Gasteiger partial charge in [-0.3, -0.25) is 19.8 Å². The molecule has 0 unspecified atom stereocenters. The zero-order valence-corrected chi connectivity index (χ0v) is 11.7. The van der Waals surface area contributed by atoms with E-state index in [1.165, 1.54) is 4.90 Å². The van der Waals surface area contributed by atoms with Crippen molar-refractivity contribution in [3.63, 3.8) is 0 Å². The van der Waals surface area contributed by atoms with Gasteiger partial charge in [-0.05, 0) is 52.7 Å². The minimum atomic E-state index is -1.15. The van der Waals surface area contributed by atoms with Crippen molar-refractivity contribution in [3.05, 3.63) is 0 Å². The zero-order valence-electron chi connectivity index (χ0n) is 11.7. The van der Waals surface area contributed by atoms with Crippen LogP contribution < -0.4 is 5.32 Å². The minimum absolute atomic E-state index is 0.329. The zero-order chi connectivity index (χ0) is 14.2. The SMILES string of the molecule is CN1CCC(CN2C(=O)NC(=O)C(C)(C)C2=O)CC1. The van der Waals surface area contributed by atoms with Gasteiger partial charge in [-0.15, -0.1) is 0 Å². The first-order valence-electron chi connectivity index (χ1n) is 6.68. The van der Waals surface area contributed by atoms with Crippen LogP contribution in [-0.2, 0) is 9.59 Å². The molecular weight excluding hydrogens is 246 g/mol. The summed E-state index contributed by atoms with van der Waals surface area (Å²) in [5.74, 6) is -0.572. The van der Waals surface area contributed by atoms with Crippen LogP contribution in [0.2, 0.25) is 0 Å². The summed E-state index contributed by atoms with van der Waals surface area (Å²) in [7, 11) is 2.07. The Hall–Kier alpha value is -1.43. The van der Waals surface area contributed by atoms with Gasteiger partial charge >= 0.3 is 6.03 Å². The molecule has 6 heteroatoms. The van der Waals surface area contributed by atoms with Crippen molar-refractivity contribution >= 4 is 17.8 Å². The molecule has 4 amide bonds. The normalized spacial score (nSPS) is 25.6. The Morgan fingerprint density at radius 2 is 1.79 bits per heavy atom. The molecule has 0 spiro atoms. The number of amides is 4. The van der Waals surface area contributed by atoms with Crippen LogP contribution in [0.3, 0.4) is 0 Å². The molecule has 0 saturated carbocycles. The number of carbonyl (C=O) groups is 3. The Labute approximate surface area is 113 Å². The molecule has 0 aromatic rings. The summed E-state index contributed by atoms with van der Waals surface area (Å²) in [5.41, 5.74) is -1.15. The lowest BCUT2D eigenvalue weighted by molar-refractivity contribution is -0.149. The van der Waals surface area contributed by atoms with Crippen molar-refractivity contribution in [2.24, 2.45) is 11.3 Å². The molecule has 19 heavy (non-hydrogen) atoms. The van der Waals surface area contributed by atoms with Crippen LogP contribution in [0.4, 0.5) is 4.79 Å². The number of imide groups is 2. The third-order valence-corrected chi connectivity index (χ3v) is 4.09. The lowest BCUT2D eigenvalue weighted by Crippen LogP contribution is -2.62. The van der Waals surface area contributed by atoms with Crippen LogP contribution >= 0.6 is 0 Å². The smallest absolute Gasteiger partial charge is 0.306 e. The highest BCUT2D eigenvalue weighted by Gasteiger charge is 2.47. The van der Waals surface area contributed by atoms with E-state index in [0.29, 0.717) is 12.5 Å². The van der Waals surface area contributed by atoms with E-state index in [0.717, 1.165) is 25.9 Å². The highest BCUT2D eigenvalue weighted by molar-refractivity contribution is 6.18. The third-order valence-electron chi connectivity index (χ3n) is 4.09. The molecule has 0 aromatic heterocycles. The molecule has 6 nitrogen and oxygen atoms in total. The molecule has 2 rings (SSSR count). The number of likely N-dealkylation sites (tertiary alicyclic amines) is 1. The summed E-state index contributed by atoms with van der Waals surface area (Å²) in [4.78, 5) is 39.1. The van der Waals surface area contributed by atoms with Gasteiger partial charge in [0.15, 0.2) is 0 Å². The average Bonchev–Trinajstić information content (AvgIpc) is 2.35. The van der Waals surface area contributed by atoms with Crippen molar-refractivity contribution in [3.8, 4) is 0 Å². The summed E-state index contributed by atoms with van der Waals surface area (Å²) in [6.45, 7) is 5.49. The van der Waals surface area contributed by atoms with Gasteiger partial charge in [-0.1, -0.05) is 0 Å². The number of barbiturate groups is 1. The number of nitrogens with one attached hydrogen (secondary N) is 1. The standard InChI is InChI=1S/C13H21N3O3/c1-13(2)10(17)14-12(19)16(11(13)18)8-9-4-6-15(3)7-5-9/h9H,4-8H2,1-3H3,(H,14,17,19). The maximum absolute atomic E-state index is 12.2. The van der Waals surface area contributed by atoms with Crippen LogP contribution in [0, 0.1) is 11.3 Å². The van der Waals surface area contributed by atoms with E-state index in [9.17, 15) is 14.4 Å². The topological polar surface area (TPSA) is 69.7 Å². The molecule has 106 valence electrons. The number of hydrogen-bond acceptors (Lipinski definition) is 4. The van der Waals surface area contributed by atoms with Gasteiger partial charge in [-0.2, -0.15) is 0 Å². The van der Waals surface area contributed by atoms with E-state index in [-0.39, 0.29) is 5.91 Å². The Balaban J connectivity index is 2.05. The number of hydrogen-bond donors (Lipinski definition) is 1. The van der Waals surface area contributed by atoms with E-state index >= 15 is 0 Å². The Morgan fingerprint density at radius 1 is 1.21 bits per heavy atom. The third kappa shape index (κ3) is 2.63. The predicted octanol–water partition coefficient (Wildman–Crippen LogP) is 0.433. The molecular formula is C13H21N3O3. The van der Waals surface area contributed by atoms with Crippen molar-refractivity contribution in [2.45, 2.75) is 26.7 Å².